The van der Waals surface area contributed by atoms with Crippen molar-refractivity contribution in [2.24, 2.45) is 11.3 Å². The van der Waals surface area contributed by atoms with Crippen molar-refractivity contribution in [2.75, 3.05) is 27.2 Å². The van der Waals surface area contributed by atoms with Crippen LogP contribution in [0.25, 0.3) is 0 Å². The van der Waals surface area contributed by atoms with E-state index in [-0.39, 0.29) is 6.03 Å². The van der Waals surface area contributed by atoms with Crippen LogP contribution in [0.4, 0.5) is 4.79 Å². The van der Waals surface area contributed by atoms with Crippen LogP contribution in [0.3, 0.4) is 0 Å². The Balaban J connectivity index is 2.15. The van der Waals surface area contributed by atoms with E-state index in [1.54, 1.807) is 19.0 Å². The van der Waals surface area contributed by atoms with Crippen molar-refractivity contribution in [3.05, 3.63) is 0 Å². The first kappa shape index (κ1) is 17.3. The Morgan fingerprint density at radius 3 is 2.25 bits per heavy atom. The molecule has 0 aromatic rings. The molecule has 2 amide bonds. The van der Waals surface area contributed by atoms with Gasteiger partial charge < -0.3 is 15.5 Å². The minimum Gasteiger partial charge on any atom is -0.337 e. The van der Waals surface area contributed by atoms with Gasteiger partial charge in [0.1, 0.15) is 0 Å². The number of nitrogens with zero attached hydrogens (tertiary/aromatic N) is 1. The number of hydrogen-bond donors (Lipinski definition) is 2. The van der Waals surface area contributed by atoms with E-state index in [0.29, 0.717) is 18.0 Å². The normalized spacial score (nSPS) is 23.4. The maximum atomic E-state index is 11.4. The van der Waals surface area contributed by atoms with Crippen molar-refractivity contribution >= 4 is 6.03 Å². The average molecular weight is 283 g/mol. The molecule has 1 saturated carbocycles. The van der Waals surface area contributed by atoms with E-state index < -0.39 is 0 Å². The second-order valence-electron chi connectivity index (χ2n) is 6.97. The SMILES string of the molecule is CCC(C)(C)C1CCC(NCCNC(=O)N(C)C)CC1. The van der Waals surface area contributed by atoms with Gasteiger partial charge in [0.25, 0.3) is 0 Å². The van der Waals surface area contributed by atoms with Crippen LogP contribution in [0.2, 0.25) is 0 Å². The van der Waals surface area contributed by atoms with Gasteiger partial charge in [0.15, 0.2) is 0 Å². The topological polar surface area (TPSA) is 44.4 Å². The van der Waals surface area contributed by atoms with Crippen LogP contribution >= 0.6 is 0 Å². The fraction of sp³-hybridized carbons (Fsp3) is 0.938. The zero-order valence-corrected chi connectivity index (χ0v) is 14.0. The van der Waals surface area contributed by atoms with Gasteiger partial charge in [-0.05, 0) is 37.0 Å². The number of hydrogen-bond acceptors (Lipinski definition) is 2. The smallest absolute Gasteiger partial charge is 0.316 e. The van der Waals surface area contributed by atoms with E-state index in [0.717, 1.165) is 12.5 Å². The highest BCUT2D eigenvalue weighted by molar-refractivity contribution is 5.73. The van der Waals surface area contributed by atoms with Gasteiger partial charge in [-0.1, -0.05) is 27.2 Å². The van der Waals surface area contributed by atoms with Crippen molar-refractivity contribution < 1.29 is 4.79 Å². The number of amides is 2. The largest absolute Gasteiger partial charge is 0.337 e. The molecule has 0 bridgehead atoms. The number of carbonyl (C=O) groups is 1. The van der Waals surface area contributed by atoms with E-state index in [4.69, 9.17) is 0 Å². The molecule has 0 aromatic carbocycles. The first-order valence-electron chi connectivity index (χ1n) is 8.05. The van der Waals surface area contributed by atoms with Crippen LogP contribution in [0, 0.1) is 11.3 Å². The highest BCUT2D eigenvalue weighted by Crippen LogP contribution is 2.40. The van der Waals surface area contributed by atoms with Crippen molar-refractivity contribution in [3.63, 3.8) is 0 Å². The maximum absolute atomic E-state index is 11.4. The molecule has 20 heavy (non-hydrogen) atoms. The summed E-state index contributed by atoms with van der Waals surface area (Å²) in [6, 6.07) is 0.621. The Morgan fingerprint density at radius 2 is 1.75 bits per heavy atom. The summed E-state index contributed by atoms with van der Waals surface area (Å²) in [7, 11) is 3.53. The molecule has 0 spiro atoms. The molecule has 0 saturated heterocycles. The third-order valence-corrected chi connectivity index (χ3v) is 4.98. The summed E-state index contributed by atoms with van der Waals surface area (Å²) in [5, 5.41) is 6.46. The number of nitrogens with one attached hydrogen (secondary N) is 2. The summed E-state index contributed by atoms with van der Waals surface area (Å²) in [4.78, 5) is 12.9. The summed E-state index contributed by atoms with van der Waals surface area (Å²) in [5.41, 5.74) is 0.491. The Labute approximate surface area is 124 Å². The molecule has 1 rings (SSSR count). The number of urea groups is 1. The zero-order chi connectivity index (χ0) is 15.2. The van der Waals surface area contributed by atoms with Crippen LogP contribution in [0.5, 0.6) is 0 Å². The van der Waals surface area contributed by atoms with Crippen molar-refractivity contribution in [2.45, 2.75) is 58.9 Å². The molecule has 4 nitrogen and oxygen atoms in total. The number of carbonyl (C=O) groups excluding carboxylic acids is 1. The van der Waals surface area contributed by atoms with Crippen LogP contribution in [0.15, 0.2) is 0 Å². The molecule has 0 atom stereocenters. The molecule has 0 heterocycles. The zero-order valence-electron chi connectivity index (χ0n) is 14.0. The summed E-state index contributed by atoms with van der Waals surface area (Å²) in [6.07, 6.45) is 6.49. The lowest BCUT2D eigenvalue weighted by Gasteiger charge is -2.39. The van der Waals surface area contributed by atoms with E-state index in [9.17, 15) is 4.79 Å². The molecule has 2 N–H and O–H groups in total. The first-order valence-corrected chi connectivity index (χ1v) is 8.05. The van der Waals surface area contributed by atoms with Crippen LogP contribution in [-0.4, -0.2) is 44.2 Å². The van der Waals surface area contributed by atoms with E-state index in [1.165, 1.54) is 32.1 Å². The highest BCUT2D eigenvalue weighted by Gasteiger charge is 2.31. The lowest BCUT2D eigenvalue weighted by molar-refractivity contribution is 0.137. The van der Waals surface area contributed by atoms with Gasteiger partial charge in [-0.15, -0.1) is 0 Å². The molecule has 1 aliphatic carbocycles. The molecule has 4 heteroatoms. The monoisotopic (exact) mass is 283 g/mol. The molecule has 0 unspecified atom stereocenters. The quantitative estimate of drug-likeness (QED) is 0.736. The Kier molecular flexibility index (Phi) is 6.80. The maximum Gasteiger partial charge on any atom is 0.316 e. The van der Waals surface area contributed by atoms with Gasteiger partial charge in [-0.3, -0.25) is 0 Å². The van der Waals surface area contributed by atoms with E-state index >= 15 is 0 Å². The lowest BCUT2D eigenvalue weighted by Crippen LogP contribution is -2.42. The van der Waals surface area contributed by atoms with Crippen molar-refractivity contribution in [3.8, 4) is 0 Å². The molecule has 118 valence electrons. The van der Waals surface area contributed by atoms with E-state index in [1.807, 2.05) is 0 Å². The third kappa shape index (κ3) is 5.31. The summed E-state index contributed by atoms with van der Waals surface area (Å²) in [5.74, 6) is 0.874. The minimum atomic E-state index is -0.0137. The molecule has 1 fully saturated rings. The second-order valence-corrected chi connectivity index (χ2v) is 6.97. The summed E-state index contributed by atoms with van der Waals surface area (Å²) >= 11 is 0. The number of rotatable bonds is 6. The Hall–Kier alpha value is -0.770. The fourth-order valence-corrected chi connectivity index (χ4v) is 2.97. The molecule has 0 aromatic heterocycles. The van der Waals surface area contributed by atoms with Crippen molar-refractivity contribution in [1.82, 2.24) is 15.5 Å². The van der Waals surface area contributed by atoms with Crippen molar-refractivity contribution in [1.29, 1.82) is 0 Å². The van der Waals surface area contributed by atoms with Crippen LogP contribution < -0.4 is 10.6 Å². The summed E-state index contributed by atoms with van der Waals surface area (Å²) in [6.45, 7) is 8.69. The predicted molar refractivity (Wildman–Crippen MR) is 84.9 cm³/mol. The predicted octanol–water partition coefficient (Wildman–Crippen LogP) is 2.84. The van der Waals surface area contributed by atoms with Gasteiger partial charge in [0.05, 0.1) is 0 Å². The van der Waals surface area contributed by atoms with Crippen LogP contribution in [0.1, 0.15) is 52.9 Å². The molecule has 0 aliphatic heterocycles. The van der Waals surface area contributed by atoms with E-state index in [2.05, 4.69) is 31.4 Å². The van der Waals surface area contributed by atoms with Crippen LogP contribution in [-0.2, 0) is 0 Å². The minimum absolute atomic E-state index is 0.0137. The van der Waals surface area contributed by atoms with Gasteiger partial charge in [0.2, 0.25) is 0 Å². The Morgan fingerprint density at radius 1 is 1.15 bits per heavy atom. The lowest BCUT2D eigenvalue weighted by atomic mass is 9.69. The average Bonchev–Trinajstić information content (AvgIpc) is 2.43. The molecule has 0 radical (unpaired) electrons. The fourth-order valence-electron chi connectivity index (χ4n) is 2.97. The third-order valence-electron chi connectivity index (χ3n) is 4.98. The first-order chi connectivity index (χ1) is 9.36. The molecular formula is C16H33N3O. The highest BCUT2D eigenvalue weighted by atomic mass is 16.2. The molecular weight excluding hydrogens is 250 g/mol. The van der Waals surface area contributed by atoms with Gasteiger partial charge >= 0.3 is 6.03 Å². The molecule has 1 aliphatic rings. The van der Waals surface area contributed by atoms with Gasteiger partial charge in [-0.2, -0.15) is 0 Å². The summed E-state index contributed by atoms with van der Waals surface area (Å²) < 4.78 is 0. The van der Waals surface area contributed by atoms with Gasteiger partial charge in [0, 0.05) is 33.2 Å². The Bertz CT molecular complexity index is 294. The second kappa shape index (κ2) is 7.87. The van der Waals surface area contributed by atoms with Gasteiger partial charge in [-0.25, -0.2) is 4.79 Å². The standard InChI is InChI=1S/C16H33N3O/c1-6-16(2,3)13-7-9-14(10-8-13)17-11-12-18-15(20)19(4)5/h13-14,17H,6-12H2,1-5H3,(H,18,20).